The fraction of sp³-hybridized carbons (Fsp3) is 0.406. The van der Waals surface area contributed by atoms with E-state index in [-0.39, 0.29) is 23.7 Å². The quantitative estimate of drug-likeness (QED) is 0.266. The summed E-state index contributed by atoms with van der Waals surface area (Å²) in [5.41, 5.74) is 5.88. The minimum atomic E-state index is -0.926. The first-order chi connectivity index (χ1) is 21.0. The number of aromatic nitrogens is 8. The lowest BCUT2D eigenvalue weighted by Crippen LogP contribution is -2.38. The third-order valence-corrected chi connectivity index (χ3v) is 8.85. The summed E-state index contributed by atoms with van der Waals surface area (Å²) >= 11 is 0. The number of carbonyl (C=O) groups excluding carboxylic acids is 1. The van der Waals surface area contributed by atoms with Crippen molar-refractivity contribution in [3.8, 4) is 22.4 Å². The predicted molar refractivity (Wildman–Crippen MR) is 169 cm³/mol. The highest BCUT2D eigenvalue weighted by molar-refractivity contribution is 6.14. The molecule has 0 spiro atoms. The molecule has 1 aromatic carbocycles. The van der Waals surface area contributed by atoms with E-state index in [1.54, 1.807) is 49.5 Å². The maximum atomic E-state index is 13.9. The van der Waals surface area contributed by atoms with Crippen LogP contribution in [0.5, 0.6) is 0 Å². The van der Waals surface area contributed by atoms with E-state index in [9.17, 15) is 14.7 Å². The van der Waals surface area contributed by atoms with Crippen LogP contribution in [-0.4, -0.2) is 61.3 Å². The van der Waals surface area contributed by atoms with Gasteiger partial charge in [-0.3, -0.25) is 23.3 Å². The normalized spacial score (nSPS) is 17.7. The van der Waals surface area contributed by atoms with E-state index in [1.807, 2.05) is 28.7 Å². The summed E-state index contributed by atoms with van der Waals surface area (Å²) in [6.45, 7) is 5.40. The lowest BCUT2D eigenvalue weighted by molar-refractivity contribution is -0.119. The molecule has 228 valence electrons. The summed E-state index contributed by atoms with van der Waals surface area (Å²) in [5, 5.41) is 24.3. The number of hydrogen-bond acceptors (Lipinski definition) is 6. The first kappa shape index (κ1) is 28.1. The molecule has 6 aromatic rings. The maximum absolute atomic E-state index is 13.9. The minimum Gasteiger partial charge on any atom is -0.389 e. The van der Waals surface area contributed by atoms with Crippen LogP contribution < -0.4 is 11.0 Å². The van der Waals surface area contributed by atoms with Crippen molar-refractivity contribution in [2.24, 2.45) is 14.1 Å². The van der Waals surface area contributed by atoms with Gasteiger partial charge in [0.1, 0.15) is 5.65 Å². The average molecular weight is 596 g/mol. The molecule has 12 nitrogen and oxygen atoms in total. The zero-order chi connectivity index (χ0) is 30.9. The summed E-state index contributed by atoms with van der Waals surface area (Å²) in [4.78, 5) is 34.0. The highest BCUT2D eigenvalue weighted by Crippen LogP contribution is 2.43. The third-order valence-electron chi connectivity index (χ3n) is 8.85. The van der Waals surface area contributed by atoms with Crippen molar-refractivity contribution < 1.29 is 9.90 Å². The van der Waals surface area contributed by atoms with E-state index in [1.165, 1.54) is 0 Å². The topological polar surface area (TPSA) is 141 Å². The van der Waals surface area contributed by atoms with Crippen LogP contribution in [0.4, 0.5) is 0 Å². The number of carbonyl (C=O) groups is 1. The Morgan fingerprint density at radius 3 is 2.57 bits per heavy atom. The van der Waals surface area contributed by atoms with E-state index in [0.29, 0.717) is 12.2 Å². The Morgan fingerprint density at radius 2 is 1.84 bits per heavy atom. The van der Waals surface area contributed by atoms with Gasteiger partial charge >= 0.3 is 5.69 Å². The molecule has 3 N–H and O–H groups in total. The molecule has 7 rings (SSSR count). The predicted octanol–water partition coefficient (Wildman–Crippen LogP) is 4.02. The lowest BCUT2D eigenvalue weighted by Gasteiger charge is -2.29. The number of hydrogen-bond donors (Lipinski definition) is 3. The molecule has 1 aliphatic rings. The zero-order valence-corrected chi connectivity index (χ0v) is 25.6. The second-order valence-electron chi connectivity index (χ2n) is 12.8. The van der Waals surface area contributed by atoms with Crippen LogP contribution in [0.2, 0.25) is 0 Å². The monoisotopic (exact) mass is 595 g/mol. The SMILES string of the molecule is CC(=O)NC1CCC(n2c(=O)n(C)c3cnc4[nH]c(-c5cnn(CC(C)(C)O)c5)c(-c5ccc6c(cnn6C)c5)c4c32)CC1. The van der Waals surface area contributed by atoms with Gasteiger partial charge in [-0.2, -0.15) is 10.2 Å². The van der Waals surface area contributed by atoms with Crippen molar-refractivity contribution in [1.29, 1.82) is 0 Å². The maximum Gasteiger partial charge on any atom is 0.329 e. The number of aryl methyl sites for hydroxylation is 2. The minimum absolute atomic E-state index is 0.0108. The average Bonchev–Trinajstić information content (AvgIpc) is 3.73. The standard InChI is InChI=1S/C32H37N9O3/c1-18(42)36-22-7-9-23(10-8-22)41-29-25(38(4)31(41)43)15-33-30-27(29)26(19-6-11-24-20(12-19)13-34-39(24)5)28(37-30)21-14-35-40(16-21)17-32(2,3)44/h6,11-16,22-23,44H,7-10,17H2,1-5H3,(H,33,37)(H,36,42). The van der Waals surface area contributed by atoms with Gasteiger partial charge in [0.15, 0.2) is 0 Å². The lowest BCUT2D eigenvalue weighted by atomic mass is 9.90. The molecule has 0 atom stereocenters. The van der Waals surface area contributed by atoms with Crippen LogP contribution in [0.15, 0.2) is 47.8 Å². The molecule has 1 fully saturated rings. The van der Waals surface area contributed by atoms with Crippen LogP contribution in [0, 0.1) is 0 Å². The van der Waals surface area contributed by atoms with Gasteiger partial charge in [-0.15, -0.1) is 0 Å². The summed E-state index contributed by atoms with van der Waals surface area (Å²) in [7, 11) is 3.72. The Kier molecular flexibility index (Phi) is 6.50. The number of nitrogens with zero attached hydrogens (tertiary/aromatic N) is 7. The zero-order valence-electron chi connectivity index (χ0n) is 25.6. The van der Waals surface area contributed by atoms with Crippen LogP contribution >= 0.6 is 0 Å². The summed E-state index contributed by atoms with van der Waals surface area (Å²) < 4.78 is 7.22. The summed E-state index contributed by atoms with van der Waals surface area (Å²) in [5.74, 6) is -0.0236. The highest BCUT2D eigenvalue weighted by atomic mass is 16.3. The van der Waals surface area contributed by atoms with Crippen molar-refractivity contribution in [2.75, 3.05) is 0 Å². The molecule has 12 heteroatoms. The van der Waals surface area contributed by atoms with Gasteiger partial charge in [-0.1, -0.05) is 6.07 Å². The fourth-order valence-corrected chi connectivity index (χ4v) is 6.88. The van der Waals surface area contributed by atoms with Gasteiger partial charge in [0.2, 0.25) is 5.91 Å². The highest BCUT2D eigenvalue weighted by Gasteiger charge is 2.30. The van der Waals surface area contributed by atoms with E-state index in [0.717, 1.165) is 75.4 Å². The van der Waals surface area contributed by atoms with Crippen molar-refractivity contribution in [3.05, 3.63) is 53.5 Å². The van der Waals surface area contributed by atoms with Gasteiger partial charge in [-0.25, -0.2) is 9.78 Å². The Hall–Kier alpha value is -4.71. The number of nitrogens with one attached hydrogen (secondary N) is 2. The number of amides is 1. The van der Waals surface area contributed by atoms with Gasteiger partial charge in [0.25, 0.3) is 0 Å². The first-order valence-corrected chi connectivity index (χ1v) is 15.0. The first-order valence-electron chi connectivity index (χ1n) is 15.0. The van der Waals surface area contributed by atoms with Gasteiger partial charge in [0, 0.05) is 55.8 Å². The Bertz CT molecular complexity index is 2110. The molecule has 5 aromatic heterocycles. The molecule has 0 aliphatic heterocycles. The van der Waals surface area contributed by atoms with Gasteiger partial charge in [-0.05, 0) is 57.2 Å². The number of fused-ring (bicyclic) bond motifs is 4. The van der Waals surface area contributed by atoms with Crippen molar-refractivity contribution >= 4 is 38.9 Å². The number of imidazole rings is 1. The molecule has 0 unspecified atom stereocenters. The van der Waals surface area contributed by atoms with Crippen LogP contribution in [0.3, 0.4) is 0 Å². The Morgan fingerprint density at radius 1 is 1.07 bits per heavy atom. The van der Waals surface area contributed by atoms with Crippen molar-refractivity contribution in [2.45, 2.75) is 70.7 Å². The molecular formula is C32H37N9O3. The number of rotatable bonds is 6. The van der Waals surface area contributed by atoms with Crippen LogP contribution in [-0.2, 0) is 25.4 Å². The number of aliphatic hydroxyl groups is 1. The van der Waals surface area contributed by atoms with Crippen LogP contribution in [0.25, 0.3) is 55.4 Å². The molecule has 1 saturated carbocycles. The molecule has 5 heterocycles. The van der Waals surface area contributed by atoms with E-state index >= 15 is 0 Å². The van der Waals surface area contributed by atoms with Gasteiger partial charge < -0.3 is 15.4 Å². The number of pyridine rings is 1. The smallest absolute Gasteiger partial charge is 0.329 e. The van der Waals surface area contributed by atoms with E-state index < -0.39 is 5.60 Å². The van der Waals surface area contributed by atoms with E-state index in [2.05, 4.69) is 38.7 Å². The molecule has 1 aliphatic carbocycles. The molecule has 0 radical (unpaired) electrons. The largest absolute Gasteiger partial charge is 0.389 e. The number of benzene rings is 1. The van der Waals surface area contributed by atoms with Crippen LogP contribution in [0.1, 0.15) is 52.5 Å². The number of aromatic amines is 1. The fourth-order valence-electron chi connectivity index (χ4n) is 6.88. The molecule has 1 amide bonds. The van der Waals surface area contributed by atoms with Crippen molar-refractivity contribution in [3.63, 3.8) is 0 Å². The van der Waals surface area contributed by atoms with Crippen molar-refractivity contribution in [1.82, 2.24) is 44.0 Å². The molecular weight excluding hydrogens is 558 g/mol. The molecule has 0 bridgehead atoms. The number of H-pyrrole nitrogens is 1. The Balaban J connectivity index is 1.47. The Labute approximate surface area is 253 Å². The summed E-state index contributed by atoms with van der Waals surface area (Å²) in [6.07, 6.45) is 10.5. The second-order valence-corrected chi connectivity index (χ2v) is 12.8. The molecule has 44 heavy (non-hydrogen) atoms. The van der Waals surface area contributed by atoms with E-state index in [4.69, 9.17) is 4.98 Å². The third kappa shape index (κ3) is 4.69. The molecule has 0 saturated heterocycles. The summed E-state index contributed by atoms with van der Waals surface area (Å²) in [6, 6.07) is 6.38. The van der Waals surface area contributed by atoms with Gasteiger partial charge in [0.05, 0.1) is 58.4 Å². The second kappa shape index (κ2) is 10.2.